The van der Waals surface area contributed by atoms with E-state index in [0.29, 0.717) is 10.1 Å². The van der Waals surface area contributed by atoms with Gasteiger partial charge in [-0.25, -0.2) is 4.99 Å². The maximum absolute atomic E-state index is 12.3. The molecule has 1 fully saturated rings. The van der Waals surface area contributed by atoms with E-state index in [4.69, 9.17) is 0 Å². The highest BCUT2D eigenvalue weighted by atomic mass is 32.2. The van der Waals surface area contributed by atoms with Gasteiger partial charge >= 0.3 is 0 Å². The molecule has 0 aliphatic carbocycles. The molecule has 1 saturated heterocycles. The zero-order valence-corrected chi connectivity index (χ0v) is 15.7. The normalized spacial score (nSPS) is 16.9. The smallest absolute Gasteiger partial charge is 0.264 e. The average molecular weight is 373 g/mol. The van der Waals surface area contributed by atoms with Crippen molar-refractivity contribution in [1.29, 1.82) is 0 Å². The Labute approximate surface area is 162 Å². The van der Waals surface area contributed by atoms with E-state index in [0.717, 1.165) is 23.4 Å². The van der Waals surface area contributed by atoms with E-state index >= 15 is 0 Å². The number of aryl methyl sites for hydroxylation is 1. The van der Waals surface area contributed by atoms with Gasteiger partial charge in [0.1, 0.15) is 0 Å². The Hall–Kier alpha value is -3.05. The Morgan fingerprint density at radius 1 is 1.07 bits per heavy atom. The lowest BCUT2D eigenvalue weighted by molar-refractivity contribution is -0.115. The van der Waals surface area contributed by atoms with Gasteiger partial charge in [-0.05, 0) is 65.7 Å². The molecule has 4 rings (SSSR count). The van der Waals surface area contributed by atoms with Crippen LogP contribution in [-0.4, -0.2) is 15.6 Å². The topological polar surface area (TPSA) is 46.4 Å². The molecule has 2 heterocycles. The molecule has 2 aromatic carbocycles. The number of hydrogen-bond donors (Lipinski definition) is 1. The monoisotopic (exact) mass is 373 g/mol. The fourth-order valence-electron chi connectivity index (χ4n) is 2.81. The minimum atomic E-state index is -0.114. The Morgan fingerprint density at radius 3 is 2.59 bits per heavy atom. The number of hydrogen-bond acceptors (Lipinski definition) is 3. The van der Waals surface area contributed by atoms with E-state index in [1.807, 2.05) is 71.6 Å². The van der Waals surface area contributed by atoms with Gasteiger partial charge in [0.2, 0.25) is 0 Å². The third-order valence-electron chi connectivity index (χ3n) is 4.29. The fraction of sp³-hybridized carbons (Fsp3) is 0.0909. The zero-order chi connectivity index (χ0) is 18.6. The van der Waals surface area contributed by atoms with Crippen molar-refractivity contribution in [1.82, 2.24) is 9.88 Å². The summed E-state index contributed by atoms with van der Waals surface area (Å²) < 4.78 is 2.04. The lowest BCUT2D eigenvalue weighted by Crippen LogP contribution is -2.19. The van der Waals surface area contributed by atoms with Crippen molar-refractivity contribution in [2.24, 2.45) is 4.99 Å². The van der Waals surface area contributed by atoms with Gasteiger partial charge in [-0.3, -0.25) is 4.79 Å². The molecular formula is C22H19N3OS. The predicted octanol–water partition coefficient (Wildman–Crippen LogP) is 4.93. The van der Waals surface area contributed by atoms with Crippen LogP contribution in [0.2, 0.25) is 0 Å². The molecule has 0 bridgehead atoms. The lowest BCUT2D eigenvalue weighted by Gasteiger charge is -2.00. The van der Waals surface area contributed by atoms with Gasteiger partial charge in [0, 0.05) is 18.1 Å². The first-order chi connectivity index (χ1) is 13.2. The SMILES string of the molecule is CCc1ccc(N=C2NC(=O)/C(=C\c3ccn(-c4ccccc4)c3)S2)cc1. The van der Waals surface area contributed by atoms with E-state index in [-0.39, 0.29) is 5.91 Å². The summed E-state index contributed by atoms with van der Waals surface area (Å²) in [5, 5.41) is 3.45. The van der Waals surface area contributed by atoms with Gasteiger partial charge in [0.25, 0.3) is 5.91 Å². The molecule has 3 aromatic rings. The number of carbonyl (C=O) groups is 1. The van der Waals surface area contributed by atoms with E-state index in [9.17, 15) is 4.79 Å². The molecule has 0 spiro atoms. The van der Waals surface area contributed by atoms with Crippen LogP contribution < -0.4 is 5.32 Å². The summed E-state index contributed by atoms with van der Waals surface area (Å²) in [4.78, 5) is 17.4. The molecule has 1 aliphatic heterocycles. The zero-order valence-electron chi connectivity index (χ0n) is 14.9. The maximum atomic E-state index is 12.3. The van der Waals surface area contributed by atoms with Gasteiger partial charge in [0.15, 0.2) is 5.17 Å². The first kappa shape index (κ1) is 17.4. The number of amidine groups is 1. The molecule has 1 N–H and O–H groups in total. The van der Waals surface area contributed by atoms with Crippen molar-refractivity contribution < 1.29 is 4.79 Å². The Balaban J connectivity index is 1.52. The van der Waals surface area contributed by atoms with Crippen molar-refractivity contribution in [3.8, 4) is 5.69 Å². The van der Waals surface area contributed by atoms with Crippen LogP contribution in [0.3, 0.4) is 0 Å². The van der Waals surface area contributed by atoms with Crippen molar-refractivity contribution in [2.45, 2.75) is 13.3 Å². The highest BCUT2D eigenvalue weighted by Gasteiger charge is 2.23. The molecular weight excluding hydrogens is 354 g/mol. The van der Waals surface area contributed by atoms with E-state index in [1.165, 1.54) is 17.3 Å². The number of para-hydroxylation sites is 1. The first-order valence-corrected chi connectivity index (χ1v) is 9.65. The number of nitrogens with one attached hydrogen (secondary N) is 1. The number of amides is 1. The minimum absolute atomic E-state index is 0.114. The van der Waals surface area contributed by atoms with Crippen LogP contribution in [0.4, 0.5) is 5.69 Å². The lowest BCUT2D eigenvalue weighted by atomic mass is 10.2. The van der Waals surface area contributed by atoms with Crippen molar-refractivity contribution in [2.75, 3.05) is 0 Å². The summed E-state index contributed by atoms with van der Waals surface area (Å²) in [6, 6.07) is 20.1. The number of aromatic nitrogens is 1. The molecule has 5 heteroatoms. The van der Waals surface area contributed by atoms with Gasteiger partial charge in [0.05, 0.1) is 10.6 Å². The Kier molecular flexibility index (Phi) is 4.94. The maximum Gasteiger partial charge on any atom is 0.264 e. The van der Waals surface area contributed by atoms with Crippen LogP contribution >= 0.6 is 11.8 Å². The largest absolute Gasteiger partial charge is 0.323 e. The molecule has 1 amide bonds. The van der Waals surface area contributed by atoms with E-state index in [1.54, 1.807) is 0 Å². The molecule has 1 aromatic heterocycles. The number of thioether (sulfide) groups is 1. The Bertz CT molecular complexity index is 1020. The van der Waals surface area contributed by atoms with E-state index < -0.39 is 0 Å². The second-order valence-electron chi connectivity index (χ2n) is 6.19. The third-order valence-corrected chi connectivity index (χ3v) is 5.20. The minimum Gasteiger partial charge on any atom is -0.323 e. The summed E-state index contributed by atoms with van der Waals surface area (Å²) >= 11 is 1.36. The van der Waals surface area contributed by atoms with Crippen LogP contribution in [-0.2, 0) is 11.2 Å². The molecule has 0 saturated carbocycles. The number of nitrogens with zero attached hydrogens (tertiary/aromatic N) is 2. The van der Waals surface area contributed by atoms with Crippen molar-refractivity contribution in [3.63, 3.8) is 0 Å². The van der Waals surface area contributed by atoms with Crippen molar-refractivity contribution >= 4 is 34.6 Å². The Morgan fingerprint density at radius 2 is 1.85 bits per heavy atom. The molecule has 134 valence electrons. The molecule has 27 heavy (non-hydrogen) atoms. The highest BCUT2D eigenvalue weighted by Crippen LogP contribution is 2.28. The predicted molar refractivity (Wildman–Crippen MR) is 112 cm³/mol. The summed E-state index contributed by atoms with van der Waals surface area (Å²) in [5.41, 5.74) is 4.17. The summed E-state index contributed by atoms with van der Waals surface area (Å²) in [5.74, 6) is -0.114. The van der Waals surface area contributed by atoms with Crippen LogP contribution in [0.15, 0.2) is 83.0 Å². The standard InChI is InChI=1S/C22H19N3OS/c1-2-16-8-10-18(11-9-16)23-22-24-21(26)20(27-22)14-17-12-13-25(15-17)19-6-4-3-5-7-19/h3-15H,2H2,1H3,(H,23,24,26)/b20-14+. The second kappa shape index (κ2) is 7.68. The number of rotatable bonds is 4. The molecule has 1 aliphatic rings. The van der Waals surface area contributed by atoms with Crippen LogP contribution in [0, 0.1) is 0 Å². The molecule has 4 nitrogen and oxygen atoms in total. The van der Waals surface area contributed by atoms with E-state index in [2.05, 4.69) is 29.4 Å². The molecule has 0 atom stereocenters. The van der Waals surface area contributed by atoms with Crippen LogP contribution in [0.1, 0.15) is 18.1 Å². The number of aliphatic imine (C=N–C) groups is 1. The average Bonchev–Trinajstić information content (AvgIpc) is 3.30. The van der Waals surface area contributed by atoms with Gasteiger partial charge < -0.3 is 9.88 Å². The summed E-state index contributed by atoms with van der Waals surface area (Å²) in [6.45, 7) is 2.12. The quantitative estimate of drug-likeness (QED) is 0.659. The van der Waals surface area contributed by atoms with Gasteiger partial charge in [-0.1, -0.05) is 37.3 Å². The third kappa shape index (κ3) is 4.04. The molecule has 0 radical (unpaired) electrons. The first-order valence-electron chi connectivity index (χ1n) is 8.83. The summed E-state index contributed by atoms with van der Waals surface area (Å²) in [7, 11) is 0. The van der Waals surface area contributed by atoms with Crippen LogP contribution in [0.25, 0.3) is 11.8 Å². The summed E-state index contributed by atoms with van der Waals surface area (Å²) in [6.07, 6.45) is 6.89. The van der Waals surface area contributed by atoms with Crippen molar-refractivity contribution in [3.05, 3.63) is 89.1 Å². The number of carbonyl (C=O) groups excluding carboxylic acids is 1. The number of benzene rings is 2. The molecule has 0 unspecified atom stereocenters. The van der Waals surface area contributed by atoms with Crippen LogP contribution in [0.5, 0.6) is 0 Å². The fourth-order valence-corrected chi connectivity index (χ4v) is 3.66. The van der Waals surface area contributed by atoms with Gasteiger partial charge in [-0.15, -0.1) is 0 Å². The van der Waals surface area contributed by atoms with Gasteiger partial charge in [-0.2, -0.15) is 0 Å². The highest BCUT2D eigenvalue weighted by molar-refractivity contribution is 8.18. The second-order valence-corrected chi connectivity index (χ2v) is 7.22.